The molecule has 0 aliphatic carbocycles. The van der Waals surface area contributed by atoms with E-state index in [1.54, 1.807) is 25.8 Å². The predicted octanol–water partition coefficient (Wildman–Crippen LogP) is 2.81. The molecule has 0 aliphatic heterocycles. The van der Waals surface area contributed by atoms with Gasteiger partial charge in [-0.1, -0.05) is 45.0 Å². The van der Waals surface area contributed by atoms with Crippen molar-refractivity contribution in [3.63, 3.8) is 0 Å². The quantitative estimate of drug-likeness (QED) is 0.685. The summed E-state index contributed by atoms with van der Waals surface area (Å²) in [6.07, 6.45) is 2.95. The molecule has 8 heteroatoms. The van der Waals surface area contributed by atoms with E-state index in [2.05, 4.69) is 41.2 Å². The molecule has 1 N–H and O–H groups in total. The molecule has 0 bridgehead atoms. The van der Waals surface area contributed by atoms with Crippen LogP contribution in [-0.4, -0.2) is 50.6 Å². The molecule has 0 spiro atoms. The van der Waals surface area contributed by atoms with Crippen molar-refractivity contribution in [3.05, 3.63) is 65.4 Å². The highest BCUT2D eigenvalue weighted by Gasteiger charge is 2.21. The van der Waals surface area contributed by atoms with E-state index in [0.29, 0.717) is 23.5 Å². The van der Waals surface area contributed by atoms with Crippen molar-refractivity contribution < 1.29 is 9.59 Å². The van der Waals surface area contributed by atoms with E-state index < -0.39 is 0 Å². The van der Waals surface area contributed by atoms with Crippen molar-refractivity contribution in [2.45, 2.75) is 32.7 Å². The lowest BCUT2D eigenvalue weighted by Crippen LogP contribution is -2.25. The number of nitrogens with one attached hydrogen (secondary N) is 1. The van der Waals surface area contributed by atoms with Gasteiger partial charge in [-0.15, -0.1) is 0 Å². The Morgan fingerprint density at radius 2 is 1.81 bits per heavy atom. The topological polar surface area (TPSA) is 93.0 Å². The van der Waals surface area contributed by atoms with E-state index in [1.807, 2.05) is 30.3 Å². The van der Waals surface area contributed by atoms with Gasteiger partial charge in [0.05, 0.1) is 17.0 Å². The van der Waals surface area contributed by atoms with Crippen LogP contribution in [0.15, 0.2) is 42.9 Å². The van der Waals surface area contributed by atoms with Crippen molar-refractivity contribution in [1.29, 1.82) is 0 Å². The number of aryl methyl sites for hydroxylation is 1. The first-order valence-electron chi connectivity index (χ1n) is 10.0. The standard InChI is InChI=1S/C23H28N6O2/c1-23(2,3)19-11-18(29(6)27-19)21(30)25-12-15-7-9-16(10-8-15)20-17(13-24-14-26-20)22(31)28(4)5/h7-11,13-14H,12H2,1-6H3,(H,25,30). The zero-order valence-corrected chi connectivity index (χ0v) is 18.8. The van der Waals surface area contributed by atoms with Gasteiger partial charge in [0.1, 0.15) is 12.0 Å². The first-order chi connectivity index (χ1) is 14.6. The summed E-state index contributed by atoms with van der Waals surface area (Å²) in [5, 5.41) is 7.39. The molecule has 2 aromatic heterocycles. The third-order valence-electron chi connectivity index (χ3n) is 4.91. The second-order valence-corrected chi connectivity index (χ2v) is 8.65. The second-order valence-electron chi connectivity index (χ2n) is 8.65. The Balaban J connectivity index is 1.72. The molecule has 0 saturated carbocycles. The second kappa shape index (κ2) is 8.67. The molecule has 3 rings (SSSR count). The SMILES string of the molecule is CN(C)C(=O)c1cncnc1-c1ccc(CNC(=O)c2cc(C(C)(C)C)nn2C)cc1. The Bertz CT molecular complexity index is 1090. The van der Waals surface area contributed by atoms with Crippen LogP contribution in [0, 0.1) is 0 Å². The largest absolute Gasteiger partial charge is 0.347 e. The van der Waals surface area contributed by atoms with Crippen LogP contribution in [0.25, 0.3) is 11.3 Å². The zero-order valence-electron chi connectivity index (χ0n) is 18.8. The number of carbonyl (C=O) groups is 2. The average molecular weight is 421 g/mol. The van der Waals surface area contributed by atoms with Crippen LogP contribution in [0.4, 0.5) is 0 Å². The highest BCUT2D eigenvalue weighted by molar-refractivity contribution is 5.99. The minimum absolute atomic E-state index is 0.125. The van der Waals surface area contributed by atoms with Crippen LogP contribution < -0.4 is 5.32 Å². The van der Waals surface area contributed by atoms with Crippen molar-refractivity contribution in [1.82, 2.24) is 30.0 Å². The first-order valence-corrected chi connectivity index (χ1v) is 10.0. The maximum absolute atomic E-state index is 12.6. The Kier molecular flexibility index (Phi) is 6.19. The summed E-state index contributed by atoms with van der Waals surface area (Å²) in [4.78, 5) is 34.8. The molecule has 162 valence electrons. The lowest BCUT2D eigenvalue weighted by atomic mass is 9.92. The van der Waals surface area contributed by atoms with E-state index in [-0.39, 0.29) is 17.2 Å². The molecule has 2 amide bonds. The monoisotopic (exact) mass is 420 g/mol. The maximum atomic E-state index is 12.6. The molecule has 0 atom stereocenters. The van der Waals surface area contributed by atoms with E-state index in [4.69, 9.17) is 0 Å². The lowest BCUT2D eigenvalue weighted by molar-refractivity contribution is 0.0827. The zero-order chi connectivity index (χ0) is 22.8. The summed E-state index contributed by atoms with van der Waals surface area (Å²) in [5.41, 5.74) is 4.04. The van der Waals surface area contributed by atoms with Crippen molar-refractivity contribution >= 4 is 11.8 Å². The van der Waals surface area contributed by atoms with Gasteiger partial charge in [0.15, 0.2) is 0 Å². The summed E-state index contributed by atoms with van der Waals surface area (Å²) >= 11 is 0. The molecule has 0 fully saturated rings. The highest BCUT2D eigenvalue weighted by atomic mass is 16.2. The summed E-state index contributed by atoms with van der Waals surface area (Å²) in [5.74, 6) is -0.331. The first kappa shape index (κ1) is 22.1. The van der Waals surface area contributed by atoms with Gasteiger partial charge in [-0.05, 0) is 11.6 Å². The predicted molar refractivity (Wildman–Crippen MR) is 119 cm³/mol. The Labute approximate surface area is 182 Å². The van der Waals surface area contributed by atoms with Crippen molar-refractivity contribution in [2.24, 2.45) is 7.05 Å². The van der Waals surface area contributed by atoms with Crippen LogP contribution in [0.1, 0.15) is 52.9 Å². The average Bonchev–Trinajstić information content (AvgIpc) is 3.14. The van der Waals surface area contributed by atoms with Crippen LogP contribution in [-0.2, 0) is 19.0 Å². The third kappa shape index (κ3) is 4.96. The number of benzene rings is 1. The number of hydrogen-bond donors (Lipinski definition) is 1. The molecule has 3 aromatic rings. The van der Waals surface area contributed by atoms with Gasteiger partial charge in [0, 0.05) is 44.9 Å². The molecule has 1 aromatic carbocycles. The fourth-order valence-electron chi connectivity index (χ4n) is 3.06. The van der Waals surface area contributed by atoms with E-state index in [0.717, 1.165) is 16.8 Å². The lowest BCUT2D eigenvalue weighted by Gasteiger charge is -2.13. The fourth-order valence-corrected chi connectivity index (χ4v) is 3.06. The van der Waals surface area contributed by atoms with Gasteiger partial charge in [-0.2, -0.15) is 5.10 Å². The Morgan fingerprint density at radius 1 is 1.13 bits per heavy atom. The van der Waals surface area contributed by atoms with Gasteiger partial charge in [-0.3, -0.25) is 14.3 Å². The summed E-state index contributed by atoms with van der Waals surface area (Å²) in [6, 6.07) is 9.42. The number of amides is 2. The van der Waals surface area contributed by atoms with Crippen molar-refractivity contribution in [2.75, 3.05) is 14.1 Å². The highest BCUT2D eigenvalue weighted by Crippen LogP contribution is 2.23. The molecule has 2 heterocycles. The molecule has 0 aliphatic rings. The van der Waals surface area contributed by atoms with E-state index in [9.17, 15) is 9.59 Å². The van der Waals surface area contributed by atoms with Gasteiger partial charge in [0.25, 0.3) is 11.8 Å². The Hall–Kier alpha value is -3.55. The number of aromatic nitrogens is 4. The normalized spacial score (nSPS) is 11.3. The van der Waals surface area contributed by atoms with E-state index in [1.165, 1.54) is 17.4 Å². The molecule has 8 nitrogen and oxygen atoms in total. The van der Waals surface area contributed by atoms with Gasteiger partial charge < -0.3 is 10.2 Å². The van der Waals surface area contributed by atoms with Crippen molar-refractivity contribution in [3.8, 4) is 11.3 Å². The number of carbonyl (C=O) groups excluding carboxylic acids is 2. The summed E-state index contributed by atoms with van der Waals surface area (Å²) < 4.78 is 1.61. The molecular weight excluding hydrogens is 392 g/mol. The third-order valence-corrected chi connectivity index (χ3v) is 4.91. The van der Waals surface area contributed by atoms with Gasteiger partial charge in [0.2, 0.25) is 0 Å². The van der Waals surface area contributed by atoms with Gasteiger partial charge >= 0.3 is 0 Å². The summed E-state index contributed by atoms with van der Waals surface area (Å²) in [7, 11) is 5.16. The minimum Gasteiger partial charge on any atom is -0.347 e. The van der Waals surface area contributed by atoms with Gasteiger partial charge in [-0.25, -0.2) is 9.97 Å². The number of nitrogens with zero attached hydrogens (tertiary/aromatic N) is 5. The van der Waals surface area contributed by atoms with E-state index >= 15 is 0 Å². The maximum Gasteiger partial charge on any atom is 0.269 e. The minimum atomic E-state index is -0.177. The van der Waals surface area contributed by atoms with Crippen LogP contribution >= 0.6 is 0 Å². The molecule has 31 heavy (non-hydrogen) atoms. The molecule has 0 radical (unpaired) electrons. The van der Waals surface area contributed by atoms with Crippen LogP contribution in [0.2, 0.25) is 0 Å². The number of rotatable bonds is 5. The fraction of sp³-hybridized carbons (Fsp3) is 0.348. The van der Waals surface area contributed by atoms with Crippen LogP contribution in [0.3, 0.4) is 0 Å². The molecule has 0 saturated heterocycles. The molecular formula is C23H28N6O2. The summed E-state index contributed by atoms with van der Waals surface area (Å²) in [6.45, 7) is 6.57. The molecule has 0 unspecified atom stereocenters. The number of hydrogen-bond acceptors (Lipinski definition) is 5. The smallest absolute Gasteiger partial charge is 0.269 e. The Morgan fingerprint density at radius 3 is 2.39 bits per heavy atom. The van der Waals surface area contributed by atoms with Crippen LogP contribution in [0.5, 0.6) is 0 Å².